The zero-order chi connectivity index (χ0) is 15.4. The van der Waals surface area contributed by atoms with E-state index in [2.05, 4.69) is 16.3 Å². The Morgan fingerprint density at radius 3 is 2.50 bits per heavy atom. The minimum atomic E-state index is -0.105. The third-order valence-corrected chi connectivity index (χ3v) is 5.77. The second kappa shape index (κ2) is 7.14. The van der Waals surface area contributed by atoms with E-state index in [1.54, 1.807) is 0 Å². The predicted octanol–water partition coefficient (Wildman–Crippen LogP) is 2.16. The minimum absolute atomic E-state index is 0.105. The fraction of sp³-hybridized carbons (Fsp3) is 0.833. The molecule has 4 heteroatoms. The number of rotatable bonds is 4. The van der Waals surface area contributed by atoms with Gasteiger partial charge in [0.15, 0.2) is 0 Å². The number of hydrogen-bond acceptors (Lipinski definition) is 3. The van der Waals surface area contributed by atoms with Crippen molar-refractivity contribution in [3.05, 3.63) is 12.2 Å². The van der Waals surface area contributed by atoms with Crippen LogP contribution < -0.4 is 5.32 Å². The average Bonchev–Trinajstić information content (AvgIpc) is 3.10. The molecule has 0 aromatic rings. The van der Waals surface area contributed by atoms with E-state index in [0.29, 0.717) is 0 Å². The van der Waals surface area contributed by atoms with Crippen LogP contribution in [-0.2, 0) is 4.79 Å². The number of hydrogen-bond donors (Lipinski definition) is 1. The smallest absolute Gasteiger partial charge is 0.243 e. The fourth-order valence-corrected chi connectivity index (χ4v) is 4.55. The molecule has 1 atom stereocenters. The van der Waals surface area contributed by atoms with E-state index in [1.165, 1.54) is 64.5 Å². The largest absolute Gasteiger partial charge is 0.342 e. The minimum Gasteiger partial charge on any atom is -0.342 e. The summed E-state index contributed by atoms with van der Waals surface area (Å²) in [7, 11) is 2.00. The maximum Gasteiger partial charge on any atom is 0.243 e. The zero-order valence-electron chi connectivity index (χ0n) is 14.0. The third-order valence-electron chi connectivity index (χ3n) is 5.77. The molecular formula is C18H31N3O. The summed E-state index contributed by atoms with van der Waals surface area (Å²) in [6.07, 6.45) is 14.6. The van der Waals surface area contributed by atoms with Crippen molar-refractivity contribution in [2.24, 2.45) is 0 Å². The van der Waals surface area contributed by atoms with Crippen LogP contribution in [0, 0.1) is 0 Å². The summed E-state index contributed by atoms with van der Waals surface area (Å²) < 4.78 is 0. The van der Waals surface area contributed by atoms with Crippen LogP contribution in [0.5, 0.6) is 0 Å². The van der Waals surface area contributed by atoms with Gasteiger partial charge in [0.25, 0.3) is 0 Å². The van der Waals surface area contributed by atoms with Gasteiger partial charge < -0.3 is 4.90 Å². The molecule has 2 fully saturated rings. The van der Waals surface area contributed by atoms with Gasteiger partial charge in [0.1, 0.15) is 6.04 Å². The number of carbonyl (C=O) groups is 1. The Balaban J connectivity index is 1.68. The molecule has 124 valence electrons. The van der Waals surface area contributed by atoms with Crippen molar-refractivity contribution in [1.82, 2.24) is 15.1 Å². The van der Waals surface area contributed by atoms with Crippen LogP contribution in [0.3, 0.4) is 0 Å². The first-order valence-electron chi connectivity index (χ1n) is 9.11. The van der Waals surface area contributed by atoms with E-state index in [4.69, 9.17) is 0 Å². The predicted molar refractivity (Wildman–Crippen MR) is 89.8 cm³/mol. The maximum absolute atomic E-state index is 12.6. The Hall–Kier alpha value is -0.870. The summed E-state index contributed by atoms with van der Waals surface area (Å²) in [4.78, 5) is 17.4. The number of amides is 1. The second-order valence-electron chi connectivity index (χ2n) is 7.34. The lowest BCUT2D eigenvalue weighted by atomic mass is 9.78. The number of likely N-dealkylation sites (N-methyl/N-ethyl adjacent to an activating group) is 1. The SMILES string of the molecule is CN(CC1(N2CCCCC2)CCCCC1)C(=O)C1C=CCN1. The standard InChI is InChI=1S/C18H31N3O/c1-20(17(22)16-9-8-12-19-16)15-18(10-4-2-5-11-18)21-13-6-3-7-14-21/h8-9,16,19H,2-7,10-15H2,1H3. The molecule has 0 spiro atoms. The molecule has 0 aromatic carbocycles. The first kappa shape index (κ1) is 16.0. The Bertz CT molecular complexity index is 409. The first-order chi connectivity index (χ1) is 10.7. The Labute approximate surface area is 134 Å². The number of likely N-dealkylation sites (tertiary alicyclic amines) is 1. The number of carbonyl (C=O) groups excluding carboxylic acids is 1. The summed E-state index contributed by atoms with van der Waals surface area (Å²) in [5, 5.41) is 3.25. The Kier molecular flexibility index (Phi) is 5.19. The molecule has 1 amide bonds. The van der Waals surface area contributed by atoms with Crippen molar-refractivity contribution in [3.8, 4) is 0 Å². The summed E-state index contributed by atoms with van der Waals surface area (Å²) in [5.74, 6) is 0.232. The summed E-state index contributed by atoms with van der Waals surface area (Å²) in [6, 6.07) is -0.105. The van der Waals surface area contributed by atoms with Crippen LogP contribution in [0.2, 0.25) is 0 Å². The molecular weight excluding hydrogens is 274 g/mol. The van der Waals surface area contributed by atoms with Crippen LogP contribution >= 0.6 is 0 Å². The van der Waals surface area contributed by atoms with E-state index in [1.807, 2.05) is 18.0 Å². The van der Waals surface area contributed by atoms with Crippen LogP contribution in [0.4, 0.5) is 0 Å². The lowest BCUT2D eigenvalue weighted by molar-refractivity contribution is -0.133. The van der Waals surface area contributed by atoms with Crippen LogP contribution in [-0.4, -0.2) is 60.5 Å². The quantitative estimate of drug-likeness (QED) is 0.809. The second-order valence-corrected chi connectivity index (χ2v) is 7.34. The molecule has 3 rings (SSSR count). The highest BCUT2D eigenvalue weighted by molar-refractivity contribution is 5.84. The molecule has 1 saturated carbocycles. The van der Waals surface area contributed by atoms with Crippen molar-refractivity contribution in [2.45, 2.75) is 62.9 Å². The lowest BCUT2D eigenvalue weighted by Crippen LogP contribution is -2.59. The van der Waals surface area contributed by atoms with Gasteiger partial charge in [0, 0.05) is 25.7 Å². The third kappa shape index (κ3) is 3.38. The van der Waals surface area contributed by atoms with E-state index in [9.17, 15) is 4.79 Å². The molecule has 2 heterocycles. The average molecular weight is 305 g/mol. The van der Waals surface area contributed by atoms with Gasteiger partial charge in [0.2, 0.25) is 5.91 Å². The van der Waals surface area contributed by atoms with Gasteiger partial charge in [0.05, 0.1) is 0 Å². The van der Waals surface area contributed by atoms with Gasteiger partial charge in [-0.05, 0) is 38.8 Å². The van der Waals surface area contributed by atoms with Gasteiger partial charge >= 0.3 is 0 Å². The molecule has 0 radical (unpaired) electrons. The molecule has 0 bridgehead atoms. The highest BCUT2D eigenvalue weighted by Gasteiger charge is 2.40. The van der Waals surface area contributed by atoms with Crippen LogP contribution in [0.1, 0.15) is 51.4 Å². The number of nitrogens with zero attached hydrogens (tertiary/aromatic N) is 2. The van der Waals surface area contributed by atoms with Crippen molar-refractivity contribution in [3.63, 3.8) is 0 Å². The van der Waals surface area contributed by atoms with E-state index < -0.39 is 0 Å². The summed E-state index contributed by atoms with van der Waals surface area (Å²) in [6.45, 7) is 4.17. The molecule has 1 aliphatic carbocycles. The van der Waals surface area contributed by atoms with Crippen molar-refractivity contribution in [1.29, 1.82) is 0 Å². The van der Waals surface area contributed by atoms with Crippen molar-refractivity contribution < 1.29 is 4.79 Å². The van der Waals surface area contributed by atoms with Crippen molar-refractivity contribution in [2.75, 3.05) is 33.2 Å². The molecule has 22 heavy (non-hydrogen) atoms. The normalized spacial score (nSPS) is 28.7. The van der Waals surface area contributed by atoms with Gasteiger partial charge in [-0.15, -0.1) is 0 Å². The molecule has 0 aromatic heterocycles. The molecule has 1 unspecified atom stereocenters. The first-order valence-corrected chi connectivity index (χ1v) is 9.11. The Morgan fingerprint density at radius 1 is 1.18 bits per heavy atom. The molecule has 2 aliphatic heterocycles. The summed E-state index contributed by atoms with van der Waals surface area (Å²) >= 11 is 0. The number of piperidine rings is 1. The van der Waals surface area contributed by atoms with Gasteiger partial charge in [-0.25, -0.2) is 0 Å². The Morgan fingerprint density at radius 2 is 1.86 bits per heavy atom. The van der Waals surface area contributed by atoms with Crippen LogP contribution in [0.15, 0.2) is 12.2 Å². The molecule has 1 saturated heterocycles. The van der Waals surface area contributed by atoms with E-state index in [-0.39, 0.29) is 17.5 Å². The van der Waals surface area contributed by atoms with Gasteiger partial charge in [-0.3, -0.25) is 15.0 Å². The fourth-order valence-electron chi connectivity index (χ4n) is 4.55. The molecule has 1 N–H and O–H groups in total. The maximum atomic E-state index is 12.6. The monoisotopic (exact) mass is 305 g/mol. The topological polar surface area (TPSA) is 35.6 Å². The van der Waals surface area contributed by atoms with Gasteiger partial charge in [-0.2, -0.15) is 0 Å². The molecule has 3 aliphatic rings. The number of nitrogens with one attached hydrogen (secondary N) is 1. The van der Waals surface area contributed by atoms with Crippen molar-refractivity contribution >= 4 is 5.91 Å². The lowest BCUT2D eigenvalue weighted by Gasteiger charge is -2.50. The van der Waals surface area contributed by atoms with Gasteiger partial charge in [-0.1, -0.05) is 37.8 Å². The zero-order valence-corrected chi connectivity index (χ0v) is 14.0. The van der Waals surface area contributed by atoms with E-state index in [0.717, 1.165) is 13.1 Å². The molecule has 4 nitrogen and oxygen atoms in total. The summed E-state index contributed by atoms with van der Waals surface area (Å²) in [5.41, 5.74) is 0.241. The van der Waals surface area contributed by atoms with E-state index >= 15 is 0 Å². The highest BCUT2D eigenvalue weighted by atomic mass is 16.2. The van der Waals surface area contributed by atoms with Crippen LogP contribution in [0.25, 0.3) is 0 Å². The highest BCUT2D eigenvalue weighted by Crippen LogP contribution is 2.36.